The molecule has 8 atom stereocenters. The predicted octanol–water partition coefficient (Wildman–Crippen LogP) is 13.2. The van der Waals surface area contributed by atoms with Crippen molar-refractivity contribution in [1.29, 1.82) is 0 Å². The first kappa shape index (κ1) is 103. The molecule has 8 unspecified atom stereocenters. The van der Waals surface area contributed by atoms with E-state index in [-0.39, 0.29) is 63.6 Å². The van der Waals surface area contributed by atoms with Gasteiger partial charge in [0.05, 0.1) is 35.0 Å². The summed E-state index contributed by atoms with van der Waals surface area (Å²) >= 11 is 0. The number of hydrogen-bond acceptors (Lipinski definition) is 36. The van der Waals surface area contributed by atoms with Crippen molar-refractivity contribution in [2.24, 2.45) is 0 Å². The number of amides is 2. The number of likely N-dealkylation sites (tertiary alicyclic amines) is 1. The summed E-state index contributed by atoms with van der Waals surface area (Å²) in [5.41, 5.74) is -0.688. The van der Waals surface area contributed by atoms with Crippen LogP contribution in [0, 0.1) is 24.4 Å². The Morgan fingerprint density at radius 2 is 0.731 bits per heavy atom. The summed E-state index contributed by atoms with van der Waals surface area (Å²) < 4.78 is 221. The maximum atomic E-state index is 14.8. The zero-order chi connectivity index (χ0) is 95.9. The number of aliphatic hydroxyl groups is 4. The van der Waals surface area contributed by atoms with Crippen LogP contribution in [0.15, 0.2) is 171 Å². The molecule has 0 saturated carbocycles. The van der Waals surface area contributed by atoms with E-state index in [2.05, 4.69) is 19.9 Å². The molecule has 704 valence electrons. The molecule has 56 heteroatoms. The number of rotatable bonds is 19. The van der Waals surface area contributed by atoms with Crippen LogP contribution in [0.25, 0.3) is 0 Å². The number of para-hydroxylation sites is 1. The maximum absolute atomic E-state index is 14.8. The summed E-state index contributed by atoms with van der Waals surface area (Å²) in [6.45, 7) is 11.4. The van der Waals surface area contributed by atoms with Crippen molar-refractivity contribution in [1.82, 2.24) is 24.8 Å². The van der Waals surface area contributed by atoms with Gasteiger partial charge in [0.2, 0.25) is 31.1 Å². The van der Waals surface area contributed by atoms with E-state index < -0.39 is 215 Å². The van der Waals surface area contributed by atoms with Gasteiger partial charge >= 0.3 is 85.3 Å². The van der Waals surface area contributed by atoms with Gasteiger partial charge in [0.1, 0.15) is 40.4 Å². The van der Waals surface area contributed by atoms with Gasteiger partial charge in [-0.3, -0.25) is 97.4 Å². The number of carbonyl (C=O) groups excluding carboxylic acids is 5. The van der Waals surface area contributed by atoms with Gasteiger partial charge in [-0.25, -0.2) is 37.2 Å². The molecule has 130 heavy (non-hydrogen) atoms. The average molecular weight is 1990 g/mol. The highest BCUT2D eigenvalue weighted by atomic mass is 31.3. The molecule has 0 radical (unpaired) electrons. The molecular weight excluding hydrogens is 1900 g/mol. The fraction of sp³-hybridized carbons (Fsp3) is 0.338. The van der Waals surface area contributed by atoms with Gasteiger partial charge in [-0.05, 0) is 137 Å². The average Bonchev–Trinajstić information content (AvgIpc) is 1.05. The molecule has 8 aromatic rings. The first-order chi connectivity index (χ1) is 60.5. The fourth-order valence-corrected chi connectivity index (χ4v) is 26.2. The Morgan fingerprint density at radius 1 is 0.408 bits per heavy atom. The topological polar surface area (TPSA) is 658 Å². The van der Waals surface area contributed by atoms with Gasteiger partial charge in [0.15, 0.2) is 0 Å². The molecule has 5 saturated heterocycles. The summed E-state index contributed by atoms with van der Waals surface area (Å²) in [5, 5.41) is 30.0. The fourth-order valence-electron chi connectivity index (χ4n) is 12.0. The van der Waals surface area contributed by atoms with E-state index in [1.54, 1.807) is 54.5 Å². The molecule has 0 spiro atoms. The monoisotopic (exact) mass is 1990 g/mol. The Bertz CT molecular complexity index is 5800. The number of aryl methyl sites for hydroxylation is 1. The van der Waals surface area contributed by atoms with E-state index in [1.165, 1.54) is 128 Å². The van der Waals surface area contributed by atoms with E-state index in [0.29, 0.717) is 24.1 Å². The van der Waals surface area contributed by atoms with E-state index >= 15 is 0 Å². The van der Waals surface area contributed by atoms with E-state index in [9.17, 15) is 133 Å². The van der Waals surface area contributed by atoms with E-state index in [0.717, 1.165) is 29.3 Å². The SMILES string of the molecule is CC(C)OC(=O)Oc1ccc(C2OP(=O)(O)C(O)(Cc3cccnc3)P(=O)(O)O2)c(F)c1.CC(C)OC(=O)Oc1ccccc1C1OP(=O)(O)C(O)(Cc2cccnc2)P(=O)(O)O1.Cc1ccc(C2OP(=O)(O)C(O)(Cc3cccnc3)P(=O)(O)O2)c(OC(=O)OC(C)C)c1.O=C1CCCN1C(=O)Oc1cc(F)c(C2OP(=O)(O)C(O)(Cc3cccnc3)P(=O)(O)O2)c(F)c1. The molecule has 4 aromatic carbocycles. The third-order valence-corrected chi connectivity index (χ3v) is 36.8. The largest absolute Gasteiger partial charge is 0.514 e. The number of pyridine rings is 4. The number of aromatic nitrogens is 4. The minimum atomic E-state index is -5.49. The lowest BCUT2D eigenvalue weighted by molar-refractivity contribution is -0.125. The molecule has 13 rings (SSSR count). The minimum Gasteiger partial charge on any atom is -0.431 e. The molecule has 5 aliphatic rings. The number of halogens is 3. The van der Waals surface area contributed by atoms with Gasteiger partial charge in [-0.2, -0.15) is 0 Å². The molecular formula is C74H82F3N5O40P8. The first-order valence-electron chi connectivity index (χ1n) is 37.7. The van der Waals surface area contributed by atoms with Crippen molar-refractivity contribution in [3.05, 3.63) is 238 Å². The lowest BCUT2D eigenvalue weighted by Gasteiger charge is -2.41. The van der Waals surface area contributed by atoms with Gasteiger partial charge in [-0.15, -0.1) is 0 Å². The Kier molecular flexibility index (Phi) is 32.4. The van der Waals surface area contributed by atoms with Crippen LogP contribution in [0.1, 0.15) is 130 Å². The second kappa shape index (κ2) is 40.9. The molecule has 45 nitrogen and oxygen atoms in total. The number of imide groups is 1. The number of carbonyl (C=O) groups is 5. The standard InChI is InChI=1S/C19H18F2N2O10P2.C19H23NO10P2.C18H20FNO10P2.C18H21NO10P2/c20-13-7-12(31-18(25)23-6-2-4-15(23)24)8-14(21)16(13)17-32-34(27,28)19(26,35(29,30)33-17)9-11-3-1-5-22-10-11;1-12(2)27-18(21)28-16-9-13(3)6-7-15(16)17-29-31(23,24)19(22,32(25,26)30-17)10-14-5-4-8-20-11-14;1-11(2)27-17(21)28-13-5-6-14(15(19)8-13)16-29-31(23,24)18(22,32(25,26)30-16)9-12-4-3-7-20-10-12;1-12(2)26-17(20)27-15-8-4-3-7-14(15)16-28-30(22,23)18(21,31(24,25)29-16)10-13-6-5-9-19-11-13/h1,3,5,7-8,10,17,26H,2,4,6,9H2,(H,27,28)(H,29,30);4-9,11-12,17,22H,10H2,1-3H3,(H,23,24)(H,25,26);3-8,10-11,16,22H,9H2,1-2H3,(H,23,24)(H,25,26);3-9,11-12,16,21H,10H2,1-2H3,(H,22,23)(H,24,25). The van der Waals surface area contributed by atoms with Crippen LogP contribution in [0.2, 0.25) is 0 Å². The number of nitrogens with zero attached hydrogens (tertiary/aromatic N) is 5. The lowest BCUT2D eigenvalue weighted by Crippen LogP contribution is -2.38. The Labute approximate surface area is 734 Å². The van der Waals surface area contributed by atoms with E-state index in [4.69, 9.17) is 69.3 Å². The van der Waals surface area contributed by atoms with Crippen molar-refractivity contribution < 1.29 is 203 Å². The number of hydrogen-bond donors (Lipinski definition) is 12. The van der Waals surface area contributed by atoms with Gasteiger partial charge < -0.3 is 92.7 Å². The highest BCUT2D eigenvalue weighted by Gasteiger charge is 2.71. The van der Waals surface area contributed by atoms with Crippen LogP contribution >= 0.6 is 60.8 Å². The highest BCUT2D eigenvalue weighted by Crippen LogP contribution is 2.83. The summed E-state index contributed by atoms with van der Waals surface area (Å²) in [6, 6.07) is 25.1. The number of benzene rings is 4. The summed E-state index contributed by atoms with van der Waals surface area (Å²) in [7, 11) is -42.2. The van der Waals surface area contributed by atoms with E-state index in [1.807, 2.05) is 0 Å². The zero-order valence-corrected chi connectivity index (χ0v) is 75.6. The quantitative estimate of drug-likeness (QED) is 0.0155. The van der Waals surface area contributed by atoms with Crippen molar-refractivity contribution in [2.45, 2.75) is 151 Å². The van der Waals surface area contributed by atoms with Gasteiger partial charge in [0.25, 0.3) is 20.3 Å². The van der Waals surface area contributed by atoms with Gasteiger partial charge in [-0.1, -0.05) is 48.5 Å². The lowest BCUT2D eigenvalue weighted by atomic mass is 10.1. The first-order valence-corrected chi connectivity index (χ1v) is 50.3. The van der Waals surface area contributed by atoms with Crippen LogP contribution in [-0.4, -0.2) is 160 Å². The van der Waals surface area contributed by atoms with Crippen molar-refractivity contribution >= 4 is 91.2 Å². The Balaban J connectivity index is 0.000000180. The number of ether oxygens (including phenoxy) is 7. The van der Waals surface area contributed by atoms with Crippen LogP contribution in [0.5, 0.6) is 23.0 Å². The Hall–Kier alpha value is -8.94. The van der Waals surface area contributed by atoms with Crippen LogP contribution in [-0.2, 0) is 117 Å². The summed E-state index contributed by atoms with van der Waals surface area (Å²) in [4.78, 5) is 158. The summed E-state index contributed by atoms with van der Waals surface area (Å²) in [5.74, 6) is -5.98. The van der Waals surface area contributed by atoms with Crippen LogP contribution in [0.4, 0.5) is 32.3 Å². The van der Waals surface area contributed by atoms with Crippen LogP contribution < -0.4 is 18.9 Å². The second-order valence-corrected chi connectivity index (χ2v) is 46.6. The second-order valence-electron chi connectivity index (χ2n) is 29.2. The molecule has 5 aliphatic heterocycles. The highest BCUT2D eigenvalue weighted by molar-refractivity contribution is 7.75. The molecule has 12 N–H and O–H groups in total. The molecule has 0 aliphatic carbocycles. The van der Waals surface area contributed by atoms with Crippen molar-refractivity contribution in [3.63, 3.8) is 0 Å². The summed E-state index contributed by atoms with van der Waals surface area (Å²) in [6.07, 6.45) is -6.33. The third kappa shape index (κ3) is 23.4. The third-order valence-electron chi connectivity index (χ3n) is 18.4. The molecule has 9 heterocycles. The maximum Gasteiger partial charge on any atom is 0.514 e. The molecule has 2 amide bonds. The van der Waals surface area contributed by atoms with Crippen molar-refractivity contribution in [3.8, 4) is 23.0 Å². The smallest absolute Gasteiger partial charge is 0.431 e. The normalized spacial score (nSPS) is 30.5. The Morgan fingerprint density at radius 3 is 1.07 bits per heavy atom. The molecule has 0 bridgehead atoms. The van der Waals surface area contributed by atoms with Crippen LogP contribution in [0.3, 0.4) is 0 Å². The predicted molar refractivity (Wildman–Crippen MR) is 434 cm³/mol. The van der Waals surface area contributed by atoms with Crippen molar-refractivity contribution in [2.75, 3.05) is 6.54 Å². The molecule has 5 fully saturated rings. The minimum absolute atomic E-state index is 0.0733. The zero-order valence-electron chi connectivity index (χ0n) is 68.4. The molecule has 4 aromatic heterocycles. The van der Waals surface area contributed by atoms with Gasteiger partial charge in [0, 0.05) is 112 Å².